The maximum Gasteiger partial charge on any atom is 0.331 e. The van der Waals surface area contributed by atoms with Crippen molar-refractivity contribution in [1.82, 2.24) is 10.3 Å². The largest absolute Gasteiger partial charge is 0.497 e. The summed E-state index contributed by atoms with van der Waals surface area (Å²) in [6, 6.07) is 5.76. The molecule has 1 fully saturated rings. The predicted octanol–water partition coefficient (Wildman–Crippen LogP) is 2.97. The number of fused-ring (bicyclic) bond motifs is 1. The van der Waals surface area contributed by atoms with Crippen LogP contribution in [0, 0.1) is 6.92 Å². The van der Waals surface area contributed by atoms with Crippen molar-refractivity contribution in [3.05, 3.63) is 29.5 Å². The third kappa shape index (κ3) is 4.08. The molecule has 0 unspecified atom stereocenters. The van der Waals surface area contributed by atoms with E-state index < -0.39 is 5.54 Å². The number of benzene rings is 1. The molecule has 1 aliphatic rings. The van der Waals surface area contributed by atoms with Gasteiger partial charge in [-0.2, -0.15) is 11.8 Å². The second-order valence-corrected chi connectivity index (χ2v) is 8.00. The number of rotatable bonds is 6. The van der Waals surface area contributed by atoms with E-state index in [1.54, 1.807) is 25.8 Å². The van der Waals surface area contributed by atoms with Crippen molar-refractivity contribution in [2.45, 2.75) is 38.6 Å². The highest BCUT2D eigenvalue weighted by Gasteiger charge is 2.42. The van der Waals surface area contributed by atoms with Crippen molar-refractivity contribution in [3.8, 4) is 5.75 Å². The Morgan fingerprint density at radius 1 is 1.30 bits per heavy atom. The second kappa shape index (κ2) is 8.25. The van der Waals surface area contributed by atoms with E-state index in [4.69, 9.17) is 9.47 Å². The maximum absolute atomic E-state index is 12.9. The maximum atomic E-state index is 12.9. The van der Waals surface area contributed by atoms with Crippen LogP contribution in [0.5, 0.6) is 5.75 Å². The normalized spacial score (nSPS) is 16.1. The van der Waals surface area contributed by atoms with E-state index in [1.165, 1.54) is 0 Å². The van der Waals surface area contributed by atoms with Crippen LogP contribution < -0.4 is 10.1 Å². The number of carbonyl (C=O) groups is 2. The minimum absolute atomic E-state index is 0.165. The average Bonchev–Trinajstić information content (AvgIpc) is 2.97. The molecule has 0 spiro atoms. The van der Waals surface area contributed by atoms with Gasteiger partial charge in [-0.3, -0.25) is 4.79 Å². The highest BCUT2D eigenvalue weighted by Crippen LogP contribution is 2.30. The number of nitrogens with one attached hydrogen (secondary N) is 2. The summed E-state index contributed by atoms with van der Waals surface area (Å²) in [6.07, 6.45) is 1.40. The van der Waals surface area contributed by atoms with Crippen molar-refractivity contribution >= 4 is 34.5 Å². The molecule has 1 aromatic carbocycles. The van der Waals surface area contributed by atoms with Gasteiger partial charge >= 0.3 is 5.97 Å². The summed E-state index contributed by atoms with van der Waals surface area (Å²) in [6.45, 7) is 4.05. The number of hydrogen-bond acceptors (Lipinski definition) is 5. The van der Waals surface area contributed by atoms with Crippen LogP contribution in [-0.2, 0) is 20.7 Å². The van der Waals surface area contributed by atoms with E-state index in [2.05, 4.69) is 10.3 Å². The molecule has 0 radical (unpaired) electrons. The minimum atomic E-state index is -0.907. The highest BCUT2D eigenvalue weighted by atomic mass is 32.2. The van der Waals surface area contributed by atoms with Gasteiger partial charge in [-0.15, -0.1) is 0 Å². The monoisotopic (exact) mass is 390 g/mol. The first-order valence-electron chi connectivity index (χ1n) is 9.20. The molecule has 1 saturated heterocycles. The first-order valence-corrected chi connectivity index (χ1v) is 10.4. The number of aryl methyl sites for hydroxylation is 1. The van der Waals surface area contributed by atoms with Crippen LogP contribution in [0.1, 0.15) is 31.0 Å². The van der Waals surface area contributed by atoms with Gasteiger partial charge in [0.15, 0.2) is 0 Å². The summed E-state index contributed by atoms with van der Waals surface area (Å²) in [5.41, 5.74) is 1.92. The van der Waals surface area contributed by atoms with Crippen molar-refractivity contribution in [2.75, 3.05) is 25.2 Å². The number of esters is 1. The van der Waals surface area contributed by atoms with Crippen molar-refractivity contribution < 1.29 is 19.1 Å². The SMILES string of the molecule is CCOC(=O)C1(NC(=O)Cc2c(C)[nH]c3ccc(OC)cc23)CCSCC1. The van der Waals surface area contributed by atoms with Gasteiger partial charge in [0.25, 0.3) is 0 Å². The Morgan fingerprint density at radius 3 is 2.70 bits per heavy atom. The topological polar surface area (TPSA) is 80.4 Å². The molecule has 2 N–H and O–H groups in total. The Hall–Kier alpha value is -2.15. The Morgan fingerprint density at radius 2 is 2.04 bits per heavy atom. The summed E-state index contributed by atoms with van der Waals surface area (Å²) in [7, 11) is 1.62. The Bertz CT molecular complexity index is 840. The number of aromatic amines is 1. The summed E-state index contributed by atoms with van der Waals surface area (Å²) in [5, 5.41) is 3.97. The van der Waals surface area contributed by atoms with Gasteiger partial charge in [-0.1, -0.05) is 0 Å². The minimum Gasteiger partial charge on any atom is -0.497 e. The molecule has 0 atom stereocenters. The fourth-order valence-electron chi connectivity index (χ4n) is 3.56. The average molecular weight is 391 g/mol. The summed E-state index contributed by atoms with van der Waals surface area (Å²) < 4.78 is 10.6. The molecule has 146 valence electrons. The van der Waals surface area contributed by atoms with Gasteiger partial charge in [-0.25, -0.2) is 4.79 Å². The second-order valence-electron chi connectivity index (χ2n) is 6.78. The summed E-state index contributed by atoms with van der Waals surface area (Å²) in [4.78, 5) is 28.7. The zero-order valence-corrected chi connectivity index (χ0v) is 16.8. The molecule has 27 heavy (non-hydrogen) atoms. The molecule has 2 heterocycles. The van der Waals surface area contributed by atoms with Crippen LogP contribution in [0.25, 0.3) is 10.9 Å². The molecule has 7 heteroatoms. The molecular weight excluding hydrogens is 364 g/mol. The van der Waals surface area contributed by atoms with Gasteiger partial charge in [0.05, 0.1) is 20.1 Å². The third-order valence-electron chi connectivity index (χ3n) is 5.06. The Balaban J connectivity index is 1.83. The molecule has 0 saturated carbocycles. The van der Waals surface area contributed by atoms with Crippen LogP contribution in [0.3, 0.4) is 0 Å². The smallest absolute Gasteiger partial charge is 0.331 e. The number of aromatic nitrogens is 1. The Kier molecular flexibility index (Phi) is 5.99. The summed E-state index contributed by atoms with van der Waals surface area (Å²) in [5.74, 6) is 1.93. The Labute approximate surface area is 163 Å². The van der Waals surface area contributed by atoms with Crippen molar-refractivity contribution in [2.24, 2.45) is 0 Å². The first kappa shape index (κ1) is 19.6. The van der Waals surface area contributed by atoms with Gasteiger partial charge in [0.2, 0.25) is 5.91 Å². The lowest BCUT2D eigenvalue weighted by Gasteiger charge is -2.35. The lowest BCUT2D eigenvalue weighted by molar-refractivity contribution is -0.153. The van der Waals surface area contributed by atoms with E-state index in [-0.39, 0.29) is 18.3 Å². The van der Waals surface area contributed by atoms with Crippen LogP contribution in [0.4, 0.5) is 0 Å². The zero-order chi connectivity index (χ0) is 19.4. The van der Waals surface area contributed by atoms with Gasteiger partial charge in [0.1, 0.15) is 11.3 Å². The fraction of sp³-hybridized carbons (Fsp3) is 0.500. The van der Waals surface area contributed by atoms with Crippen LogP contribution in [-0.4, -0.2) is 47.6 Å². The molecule has 6 nitrogen and oxygen atoms in total. The van der Waals surface area contributed by atoms with Crippen LogP contribution in [0.15, 0.2) is 18.2 Å². The first-order chi connectivity index (χ1) is 13.0. The lowest BCUT2D eigenvalue weighted by Crippen LogP contribution is -2.57. The number of H-pyrrole nitrogens is 1. The van der Waals surface area contributed by atoms with E-state index >= 15 is 0 Å². The molecule has 1 aromatic heterocycles. The quantitative estimate of drug-likeness (QED) is 0.741. The van der Waals surface area contributed by atoms with E-state index in [0.717, 1.165) is 39.4 Å². The summed E-state index contributed by atoms with van der Waals surface area (Å²) >= 11 is 1.80. The number of methoxy groups -OCH3 is 1. The number of thioether (sulfide) groups is 1. The van der Waals surface area contributed by atoms with Crippen LogP contribution in [0.2, 0.25) is 0 Å². The van der Waals surface area contributed by atoms with Crippen LogP contribution >= 0.6 is 11.8 Å². The number of ether oxygens (including phenoxy) is 2. The van der Waals surface area contributed by atoms with Gasteiger partial charge in [-0.05, 0) is 62.0 Å². The fourth-order valence-corrected chi connectivity index (χ4v) is 4.75. The van der Waals surface area contributed by atoms with E-state index in [9.17, 15) is 9.59 Å². The van der Waals surface area contributed by atoms with Crippen molar-refractivity contribution in [3.63, 3.8) is 0 Å². The third-order valence-corrected chi connectivity index (χ3v) is 6.04. The molecule has 2 aromatic rings. The molecular formula is C20H26N2O4S. The zero-order valence-electron chi connectivity index (χ0n) is 16.0. The standard InChI is InChI=1S/C20H26N2O4S/c1-4-26-19(24)20(7-9-27-10-8-20)22-18(23)12-15-13(2)21-17-6-5-14(25-3)11-16(15)17/h5-6,11,21H,4,7-10,12H2,1-3H3,(H,22,23). The highest BCUT2D eigenvalue weighted by molar-refractivity contribution is 7.99. The predicted molar refractivity (Wildman–Crippen MR) is 107 cm³/mol. The number of amides is 1. The van der Waals surface area contributed by atoms with E-state index in [1.807, 2.05) is 25.1 Å². The lowest BCUT2D eigenvalue weighted by atomic mass is 9.91. The van der Waals surface area contributed by atoms with E-state index in [0.29, 0.717) is 19.4 Å². The molecule has 1 aliphatic heterocycles. The van der Waals surface area contributed by atoms with Gasteiger partial charge < -0.3 is 19.8 Å². The van der Waals surface area contributed by atoms with Gasteiger partial charge in [0, 0.05) is 16.6 Å². The van der Waals surface area contributed by atoms with Crippen molar-refractivity contribution in [1.29, 1.82) is 0 Å². The number of hydrogen-bond donors (Lipinski definition) is 2. The molecule has 1 amide bonds. The molecule has 0 aliphatic carbocycles. The number of carbonyl (C=O) groups excluding carboxylic acids is 2. The molecule has 3 rings (SSSR count). The molecule has 0 bridgehead atoms.